The summed E-state index contributed by atoms with van der Waals surface area (Å²) in [5.74, 6) is 0.990. The summed E-state index contributed by atoms with van der Waals surface area (Å²) in [6.07, 6.45) is 2.64. The Bertz CT molecular complexity index is 603. The second kappa shape index (κ2) is 7.02. The monoisotopic (exact) mass is 287 g/mol. The molecule has 0 aliphatic heterocycles. The van der Waals surface area contributed by atoms with Crippen LogP contribution in [0.25, 0.3) is 5.69 Å². The fraction of sp³-hybridized carbons (Fsp3) is 0.438. The quantitative estimate of drug-likeness (QED) is 0.732. The van der Waals surface area contributed by atoms with Gasteiger partial charge in [0, 0.05) is 5.92 Å². The van der Waals surface area contributed by atoms with Gasteiger partial charge in [-0.05, 0) is 31.9 Å². The average Bonchev–Trinajstić information content (AvgIpc) is 2.93. The van der Waals surface area contributed by atoms with Crippen molar-refractivity contribution in [3.8, 4) is 11.4 Å². The number of carbonyl (C=O) groups excluding carboxylic acids is 1. The molecule has 1 aromatic heterocycles. The second-order valence-electron chi connectivity index (χ2n) is 4.80. The van der Waals surface area contributed by atoms with Gasteiger partial charge in [-0.15, -0.1) is 5.10 Å². The third-order valence-corrected chi connectivity index (χ3v) is 3.61. The van der Waals surface area contributed by atoms with Crippen molar-refractivity contribution in [3.63, 3.8) is 0 Å². The van der Waals surface area contributed by atoms with Crippen molar-refractivity contribution in [3.05, 3.63) is 35.7 Å². The number of nitrogens with zero attached hydrogens (tertiary/aromatic N) is 3. The molecule has 2 rings (SSSR count). The molecule has 0 unspecified atom stereocenters. The zero-order valence-electron chi connectivity index (χ0n) is 12.7. The zero-order valence-corrected chi connectivity index (χ0v) is 12.7. The van der Waals surface area contributed by atoms with Gasteiger partial charge in [0.15, 0.2) is 6.29 Å². The van der Waals surface area contributed by atoms with E-state index < -0.39 is 0 Å². The topological polar surface area (TPSA) is 57.0 Å². The van der Waals surface area contributed by atoms with Crippen molar-refractivity contribution in [1.29, 1.82) is 0 Å². The highest BCUT2D eigenvalue weighted by molar-refractivity contribution is 5.74. The van der Waals surface area contributed by atoms with Crippen LogP contribution >= 0.6 is 0 Å². The second-order valence-corrected chi connectivity index (χ2v) is 4.80. The van der Waals surface area contributed by atoms with Crippen LogP contribution in [0.2, 0.25) is 0 Å². The molecule has 0 amide bonds. The van der Waals surface area contributed by atoms with E-state index in [0.29, 0.717) is 12.3 Å². The summed E-state index contributed by atoms with van der Waals surface area (Å²) >= 11 is 0. The van der Waals surface area contributed by atoms with Crippen molar-refractivity contribution in [1.82, 2.24) is 15.0 Å². The summed E-state index contributed by atoms with van der Waals surface area (Å²) in [5.41, 5.74) is 2.10. The maximum Gasteiger partial charge on any atom is 0.172 e. The molecule has 2 aromatic rings. The molecule has 0 aliphatic carbocycles. The van der Waals surface area contributed by atoms with E-state index >= 15 is 0 Å². The minimum Gasteiger partial charge on any atom is -0.492 e. The van der Waals surface area contributed by atoms with Gasteiger partial charge in [-0.1, -0.05) is 31.2 Å². The normalized spacial score (nSPS) is 10.9. The molecular formula is C16H21N3O2. The largest absolute Gasteiger partial charge is 0.492 e. The third-order valence-electron chi connectivity index (χ3n) is 3.61. The van der Waals surface area contributed by atoms with Crippen molar-refractivity contribution in [2.45, 2.75) is 39.5 Å². The molecule has 21 heavy (non-hydrogen) atoms. The van der Waals surface area contributed by atoms with Gasteiger partial charge >= 0.3 is 0 Å². The fourth-order valence-electron chi connectivity index (χ4n) is 2.53. The average molecular weight is 287 g/mol. The van der Waals surface area contributed by atoms with Gasteiger partial charge in [0.2, 0.25) is 0 Å². The molecule has 0 spiro atoms. The standard InChI is InChI=1S/C16H21N3O2/c1-4-12(5-2)16-13(11-20)17-18-19(16)14-9-7-8-10-15(14)21-6-3/h7-12H,4-6H2,1-3H3. The van der Waals surface area contributed by atoms with E-state index in [4.69, 9.17) is 4.74 Å². The van der Waals surface area contributed by atoms with E-state index in [1.807, 2.05) is 31.2 Å². The molecule has 0 bridgehead atoms. The number of hydrogen-bond acceptors (Lipinski definition) is 4. The van der Waals surface area contributed by atoms with Gasteiger partial charge in [-0.2, -0.15) is 0 Å². The zero-order chi connectivity index (χ0) is 15.2. The molecule has 0 saturated carbocycles. The summed E-state index contributed by atoms with van der Waals surface area (Å²) < 4.78 is 7.40. The first-order valence-electron chi connectivity index (χ1n) is 7.39. The summed E-state index contributed by atoms with van der Waals surface area (Å²) in [4.78, 5) is 11.3. The van der Waals surface area contributed by atoms with Crippen LogP contribution in [-0.2, 0) is 0 Å². The molecule has 0 atom stereocenters. The van der Waals surface area contributed by atoms with Crippen molar-refractivity contribution in [2.75, 3.05) is 6.61 Å². The molecule has 0 aliphatic rings. The molecule has 5 nitrogen and oxygen atoms in total. The Morgan fingerprint density at radius 2 is 1.95 bits per heavy atom. The van der Waals surface area contributed by atoms with Crippen LogP contribution in [0.3, 0.4) is 0 Å². The van der Waals surface area contributed by atoms with Gasteiger partial charge < -0.3 is 4.74 Å². The summed E-state index contributed by atoms with van der Waals surface area (Å²) in [5, 5.41) is 8.19. The third kappa shape index (κ3) is 2.96. The predicted octanol–water partition coefficient (Wildman–Crippen LogP) is 3.38. The number of rotatable bonds is 7. The highest BCUT2D eigenvalue weighted by Gasteiger charge is 2.22. The summed E-state index contributed by atoms with van der Waals surface area (Å²) in [7, 11) is 0. The Hall–Kier alpha value is -2.17. The van der Waals surface area contributed by atoms with E-state index in [1.54, 1.807) is 4.68 Å². The maximum absolute atomic E-state index is 11.3. The number of aldehydes is 1. The first-order chi connectivity index (χ1) is 10.3. The Morgan fingerprint density at radius 3 is 2.57 bits per heavy atom. The molecule has 112 valence electrons. The summed E-state index contributed by atoms with van der Waals surface area (Å²) in [6.45, 7) is 6.73. The SMILES string of the molecule is CCOc1ccccc1-n1nnc(C=O)c1C(CC)CC. The molecule has 5 heteroatoms. The lowest BCUT2D eigenvalue weighted by Gasteiger charge is -2.17. The van der Waals surface area contributed by atoms with Crippen LogP contribution in [-0.4, -0.2) is 27.9 Å². The van der Waals surface area contributed by atoms with Crippen LogP contribution in [0.4, 0.5) is 0 Å². The van der Waals surface area contributed by atoms with Gasteiger partial charge in [0.05, 0.1) is 12.3 Å². The summed E-state index contributed by atoms with van der Waals surface area (Å²) in [6, 6.07) is 7.68. The number of ether oxygens (including phenoxy) is 1. The number of carbonyl (C=O) groups is 1. The highest BCUT2D eigenvalue weighted by Crippen LogP contribution is 2.30. The smallest absolute Gasteiger partial charge is 0.172 e. The maximum atomic E-state index is 11.3. The van der Waals surface area contributed by atoms with Crippen LogP contribution in [0.5, 0.6) is 5.75 Å². The van der Waals surface area contributed by atoms with Crippen molar-refractivity contribution >= 4 is 6.29 Å². The van der Waals surface area contributed by atoms with E-state index in [0.717, 1.165) is 36.3 Å². The lowest BCUT2D eigenvalue weighted by atomic mass is 9.97. The number of para-hydroxylation sites is 2. The first kappa shape index (κ1) is 15.2. The Labute approximate surface area is 124 Å². The highest BCUT2D eigenvalue weighted by atomic mass is 16.5. The molecule has 0 N–H and O–H groups in total. The van der Waals surface area contributed by atoms with E-state index in [-0.39, 0.29) is 5.92 Å². The Kier molecular flexibility index (Phi) is 5.09. The van der Waals surface area contributed by atoms with Gasteiger partial charge in [-0.3, -0.25) is 4.79 Å². The molecule has 0 fully saturated rings. The molecular weight excluding hydrogens is 266 g/mol. The van der Waals surface area contributed by atoms with Gasteiger partial charge in [-0.25, -0.2) is 4.68 Å². The molecule has 1 heterocycles. The minimum absolute atomic E-state index is 0.245. The molecule has 0 saturated heterocycles. The van der Waals surface area contributed by atoms with Gasteiger partial charge in [0.25, 0.3) is 0 Å². The van der Waals surface area contributed by atoms with Crippen molar-refractivity contribution < 1.29 is 9.53 Å². The molecule has 1 aromatic carbocycles. The number of hydrogen-bond donors (Lipinski definition) is 0. The van der Waals surface area contributed by atoms with E-state index in [2.05, 4.69) is 24.2 Å². The predicted molar refractivity (Wildman–Crippen MR) is 81.2 cm³/mol. The Morgan fingerprint density at radius 1 is 1.24 bits per heavy atom. The van der Waals surface area contributed by atoms with Crippen LogP contribution < -0.4 is 4.74 Å². The van der Waals surface area contributed by atoms with Gasteiger partial charge in [0.1, 0.15) is 17.1 Å². The van der Waals surface area contributed by atoms with E-state index in [9.17, 15) is 4.79 Å². The van der Waals surface area contributed by atoms with Crippen LogP contribution in [0, 0.1) is 0 Å². The van der Waals surface area contributed by atoms with Crippen LogP contribution in [0.1, 0.15) is 55.7 Å². The number of benzene rings is 1. The first-order valence-corrected chi connectivity index (χ1v) is 7.39. The lowest BCUT2D eigenvalue weighted by Crippen LogP contribution is -2.10. The Balaban J connectivity index is 2.59. The minimum atomic E-state index is 0.245. The number of aromatic nitrogens is 3. The van der Waals surface area contributed by atoms with Crippen LogP contribution in [0.15, 0.2) is 24.3 Å². The fourth-order valence-corrected chi connectivity index (χ4v) is 2.53. The van der Waals surface area contributed by atoms with Crippen molar-refractivity contribution in [2.24, 2.45) is 0 Å². The van der Waals surface area contributed by atoms with E-state index in [1.165, 1.54) is 0 Å². The lowest BCUT2D eigenvalue weighted by molar-refractivity contribution is 0.111. The molecule has 0 radical (unpaired) electrons.